The first-order valence-corrected chi connectivity index (χ1v) is 7.96. The molecule has 2 rings (SSSR count). The molecular weight excluding hydrogens is 276 g/mol. The van der Waals surface area contributed by atoms with Gasteiger partial charge >= 0.3 is 0 Å². The average Bonchev–Trinajstić information content (AvgIpc) is 3.07. The zero-order chi connectivity index (χ0) is 15.1. The van der Waals surface area contributed by atoms with Crippen molar-refractivity contribution in [2.45, 2.75) is 44.2 Å². The van der Waals surface area contributed by atoms with Crippen LogP contribution in [0.5, 0.6) is 0 Å². The van der Waals surface area contributed by atoms with E-state index in [0.717, 1.165) is 5.56 Å². The number of amides is 1. The van der Waals surface area contributed by atoms with E-state index in [9.17, 15) is 13.2 Å². The normalized spacial score (nSPS) is 22.4. The van der Waals surface area contributed by atoms with E-state index in [-0.39, 0.29) is 22.9 Å². The van der Waals surface area contributed by atoms with Gasteiger partial charge in [0.15, 0.2) is 0 Å². The van der Waals surface area contributed by atoms with Crippen molar-refractivity contribution >= 4 is 15.9 Å². The van der Waals surface area contributed by atoms with Gasteiger partial charge in [-0.25, -0.2) is 8.42 Å². The van der Waals surface area contributed by atoms with Gasteiger partial charge in [0.05, 0.1) is 4.90 Å². The monoisotopic (exact) mass is 296 g/mol. The molecule has 1 aliphatic rings. The van der Waals surface area contributed by atoms with Crippen LogP contribution in [-0.4, -0.2) is 36.8 Å². The van der Waals surface area contributed by atoms with Crippen LogP contribution in [0.2, 0.25) is 0 Å². The molecule has 0 bridgehead atoms. The summed E-state index contributed by atoms with van der Waals surface area (Å²) in [6.45, 7) is 7.75. The molecule has 6 heteroatoms. The van der Waals surface area contributed by atoms with Gasteiger partial charge < -0.3 is 5.32 Å². The second-order valence-electron chi connectivity index (χ2n) is 6.14. The van der Waals surface area contributed by atoms with E-state index in [1.807, 2.05) is 27.7 Å². The highest BCUT2D eigenvalue weighted by Gasteiger charge is 2.49. The predicted molar refractivity (Wildman–Crippen MR) is 76.8 cm³/mol. The van der Waals surface area contributed by atoms with Crippen LogP contribution in [0.1, 0.15) is 26.3 Å². The summed E-state index contributed by atoms with van der Waals surface area (Å²) in [5, 5.41) is 2.80. The number of sulfonamides is 1. The van der Waals surface area contributed by atoms with E-state index < -0.39 is 16.1 Å². The number of hydrogen-bond acceptors (Lipinski definition) is 3. The molecule has 1 aromatic rings. The lowest BCUT2D eigenvalue weighted by Gasteiger charge is -2.20. The third kappa shape index (κ3) is 3.19. The van der Waals surface area contributed by atoms with E-state index >= 15 is 0 Å². The Morgan fingerprint density at radius 3 is 2.30 bits per heavy atom. The zero-order valence-electron chi connectivity index (χ0n) is 12.2. The predicted octanol–water partition coefficient (Wildman–Crippen LogP) is 1.28. The third-order valence-electron chi connectivity index (χ3n) is 3.00. The molecule has 1 aliphatic heterocycles. The van der Waals surface area contributed by atoms with Crippen molar-refractivity contribution in [2.75, 3.05) is 6.54 Å². The molecule has 1 saturated heterocycles. The summed E-state index contributed by atoms with van der Waals surface area (Å²) in [6.07, 6.45) is 0. The van der Waals surface area contributed by atoms with E-state index in [0.29, 0.717) is 0 Å². The quantitative estimate of drug-likeness (QED) is 0.855. The summed E-state index contributed by atoms with van der Waals surface area (Å²) in [5.41, 5.74) is 0.635. The minimum atomic E-state index is -3.56. The number of carbonyl (C=O) groups excluding carboxylic acids is 1. The second-order valence-corrected chi connectivity index (χ2v) is 8.03. The summed E-state index contributed by atoms with van der Waals surface area (Å²) in [4.78, 5) is 12.2. The number of benzene rings is 1. The fourth-order valence-electron chi connectivity index (χ4n) is 1.90. The summed E-state index contributed by atoms with van der Waals surface area (Å²) < 4.78 is 25.9. The molecule has 0 aromatic heterocycles. The molecule has 110 valence electrons. The Kier molecular flexibility index (Phi) is 3.64. The molecular formula is C14H20N2O3S. The third-order valence-corrected chi connectivity index (χ3v) is 4.88. The van der Waals surface area contributed by atoms with Crippen LogP contribution < -0.4 is 5.32 Å². The zero-order valence-corrected chi connectivity index (χ0v) is 13.0. The van der Waals surface area contributed by atoms with Gasteiger partial charge in [-0.2, -0.15) is 4.31 Å². The molecule has 0 radical (unpaired) electrons. The minimum absolute atomic E-state index is 0.231. The van der Waals surface area contributed by atoms with Crippen molar-refractivity contribution in [3.63, 3.8) is 0 Å². The van der Waals surface area contributed by atoms with Gasteiger partial charge in [-0.1, -0.05) is 17.7 Å². The van der Waals surface area contributed by atoms with Gasteiger partial charge in [0.2, 0.25) is 15.9 Å². The van der Waals surface area contributed by atoms with Gasteiger partial charge in [-0.05, 0) is 39.8 Å². The highest BCUT2D eigenvalue weighted by Crippen LogP contribution is 2.28. The van der Waals surface area contributed by atoms with E-state index in [2.05, 4.69) is 5.32 Å². The van der Waals surface area contributed by atoms with Crippen molar-refractivity contribution in [3.8, 4) is 0 Å². The second kappa shape index (κ2) is 4.86. The number of nitrogens with zero attached hydrogens (tertiary/aromatic N) is 1. The fraction of sp³-hybridized carbons (Fsp3) is 0.500. The Labute approximate surface area is 120 Å². The van der Waals surface area contributed by atoms with Crippen LogP contribution in [0, 0.1) is 6.92 Å². The Balaban J connectivity index is 2.11. The minimum Gasteiger partial charge on any atom is -0.350 e. The van der Waals surface area contributed by atoms with Crippen molar-refractivity contribution in [1.82, 2.24) is 9.62 Å². The van der Waals surface area contributed by atoms with Crippen molar-refractivity contribution < 1.29 is 13.2 Å². The maximum absolute atomic E-state index is 12.3. The molecule has 2 atom stereocenters. The standard InChI is InChI=1S/C14H20N2O3S/c1-10-5-7-11(8-6-10)20(18,19)16-9-12(16)13(17)15-14(2,3)4/h5-8,12H,9H2,1-4H3,(H,15,17)/t12-,16?/m0/s1. The van der Waals surface area contributed by atoms with Crippen LogP contribution in [0.4, 0.5) is 0 Å². The summed E-state index contributed by atoms with van der Waals surface area (Å²) >= 11 is 0. The van der Waals surface area contributed by atoms with Gasteiger partial charge in [0, 0.05) is 12.1 Å². The first kappa shape index (κ1) is 15.0. The molecule has 1 N–H and O–H groups in total. The van der Waals surface area contributed by atoms with Gasteiger partial charge in [-0.3, -0.25) is 4.79 Å². The number of hydrogen-bond donors (Lipinski definition) is 1. The number of aryl methyl sites for hydroxylation is 1. The molecule has 0 spiro atoms. The van der Waals surface area contributed by atoms with Gasteiger partial charge in [-0.15, -0.1) is 0 Å². The molecule has 0 aliphatic carbocycles. The summed E-state index contributed by atoms with van der Waals surface area (Å²) in [5.74, 6) is -0.242. The lowest BCUT2D eigenvalue weighted by Crippen LogP contribution is -2.44. The van der Waals surface area contributed by atoms with Crippen LogP contribution in [0.15, 0.2) is 29.2 Å². The highest BCUT2D eigenvalue weighted by molar-refractivity contribution is 7.89. The summed E-state index contributed by atoms with van der Waals surface area (Å²) in [6, 6.07) is 6.06. The van der Waals surface area contributed by atoms with E-state index in [1.165, 1.54) is 4.31 Å². The number of rotatable bonds is 3. The maximum Gasteiger partial charge on any atom is 0.243 e. The number of carbonyl (C=O) groups is 1. The molecule has 1 heterocycles. The largest absolute Gasteiger partial charge is 0.350 e. The lowest BCUT2D eigenvalue weighted by molar-refractivity contribution is -0.122. The van der Waals surface area contributed by atoms with E-state index in [1.54, 1.807) is 24.3 Å². The van der Waals surface area contributed by atoms with Crippen molar-refractivity contribution in [3.05, 3.63) is 29.8 Å². The van der Waals surface area contributed by atoms with Crippen molar-refractivity contribution in [2.24, 2.45) is 0 Å². The molecule has 1 fully saturated rings. The molecule has 1 amide bonds. The fourth-order valence-corrected chi connectivity index (χ4v) is 3.42. The smallest absolute Gasteiger partial charge is 0.243 e. The highest BCUT2D eigenvalue weighted by atomic mass is 32.2. The van der Waals surface area contributed by atoms with Crippen LogP contribution >= 0.6 is 0 Å². The van der Waals surface area contributed by atoms with Crippen LogP contribution in [0.25, 0.3) is 0 Å². The first-order chi connectivity index (χ1) is 9.11. The Hall–Kier alpha value is -1.40. The first-order valence-electron chi connectivity index (χ1n) is 6.52. The Morgan fingerprint density at radius 2 is 1.80 bits per heavy atom. The molecule has 1 unspecified atom stereocenters. The molecule has 0 saturated carbocycles. The maximum atomic E-state index is 12.3. The Bertz CT molecular complexity index is 615. The average molecular weight is 296 g/mol. The van der Waals surface area contributed by atoms with Crippen LogP contribution in [-0.2, 0) is 14.8 Å². The van der Waals surface area contributed by atoms with Crippen LogP contribution in [0.3, 0.4) is 0 Å². The van der Waals surface area contributed by atoms with E-state index in [4.69, 9.17) is 0 Å². The van der Waals surface area contributed by atoms with Crippen molar-refractivity contribution in [1.29, 1.82) is 0 Å². The molecule has 5 nitrogen and oxygen atoms in total. The lowest BCUT2D eigenvalue weighted by atomic mass is 10.1. The summed E-state index contributed by atoms with van der Waals surface area (Å²) in [7, 11) is -3.56. The number of nitrogens with one attached hydrogen (secondary N) is 1. The molecule has 1 aromatic carbocycles. The van der Waals surface area contributed by atoms with Gasteiger partial charge in [0.25, 0.3) is 0 Å². The topological polar surface area (TPSA) is 66.2 Å². The SMILES string of the molecule is Cc1ccc(S(=O)(=O)N2C[C@H]2C(=O)NC(C)(C)C)cc1. The molecule has 20 heavy (non-hydrogen) atoms. The Morgan fingerprint density at radius 1 is 1.25 bits per heavy atom. The van der Waals surface area contributed by atoms with Gasteiger partial charge in [0.1, 0.15) is 6.04 Å².